The van der Waals surface area contributed by atoms with Gasteiger partial charge in [0.15, 0.2) is 5.82 Å². The first-order chi connectivity index (χ1) is 50.5. The molecular formula is C95H59N7. The summed E-state index contributed by atoms with van der Waals surface area (Å²) in [5.41, 5.74) is 27.9. The van der Waals surface area contributed by atoms with E-state index in [0.717, 1.165) is 95.1 Å². The summed E-state index contributed by atoms with van der Waals surface area (Å²) in [6.45, 7) is 0. The number of aromatic nitrogens is 6. The van der Waals surface area contributed by atoms with E-state index in [4.69, 9.17) is 9.97 Å². The van der Waals surface area contributed by atoms with E-state index in [9.17, 15) is 5.26 Å². The van der Waals surface area contributed by atoms with Crippen molar-refractivity contribution < 1.29 is 0 Å². The van der Waals surface area contributed by atoms with Crippen LogP contribution in [0.15, 0.2) is 358 Å². The maximum atomic E-state index is 9.50. The molecule has 20 aromatic rings. The summed E-state index contributed by atoms with van der Waals surface area (Å²) in [7, 11) is 0. The second kappa shape index (κ2) is 23.7. The molecule has 0 fully saturated rings. The zero-order chi connectivity index (χ0) is 67.4. The van der Waals surface area contributed by atoms with Gasteiger partial charge in [-0.3, -0.25) is 0 Å². The monoisotopic (exact) mass is 1300 g/mol. The third-order valence-corrected chi connectivity index (χ3v) is 20.6. The van der Waals surface area contributed by atoms with Gasteiger partial charge in [-0.15, -0.1) is 0 Å². The number of nitrogens with zero attached hydrogens (tertiary/aromatic N) is 7. The molecule has 15 aromatic carbocycles. The molecule has 0 bridgehead atoms. The van der Waals surface area contributed by atoms with E-state index < -0.39 is 0 Å². The number of hydrogen-bond donors (Lipinski definition) is 0. The summed E-state index contributed by atoms with van der Waals surface area (Å²) in [5.74, 6) is 0.626. The van der Waals surface area contributed by atoms with Crippen LogP contribution in [0.3, 0.4) is 0 Å². The highest BCUT2D eigenvalue weighted by Crippen LogP contribution is 2.43. The lowest BCUT2D eigenvalue weighted by Crippen LogP contribution is -1.97. The van der Waals surface area contributed by atoms with E-state index >= 15 is 0 Å². The number of benzene rings is 15. The standard InChI is InChI=1S/C95H59N7/c96-60-61-30-32-62(33-31-61)63-36-40-67(41-37-63)95-97-85(59-86(98-95)66-42-48-75(49-43-66)101-89-28-13-9-24-79(89)83-57-71(46-52-93(83)101)69-44-50-91-81(55-69)77-22-7-11-26-87(77)99(91)73-17-3-1-4-18-73)65-38-34-64(35-39-65)68-16-15-21-76(54-68)102-90-29-14-10-25-80(90)84-58-72(47-53-94(84)102)70-45-51-92-82(56-70)78-23-8-12-27-88(78)100(92)74-19-5-2-6-20-74/h1-59H. The van der Waals surface area contributed by atoms with Crippen LogP contribution in [0.2, 0.25) is 0 Å². The highest BCUT2D eigenvalue weighted by atomic mass is 15.0. The summed E-state index contributed by atoms with van der Waals surface area (Å²) in [6.07, 6.45) is 0. The fourth-order valence-electron chi connectivity index (χ4n) is 15.7. The van der Waals surface area contributed by atoms with Gasteiger partial charge in [-0.25, -0.2) is 9.97 Å². The van der Waals surface area contributed by atoms with E-state index in [-0.39, 0.29) is 0 Å². The highest BCUT2D eigenvalue weighted by Gasteiger charge is 2.21. The number of nitriles is 1. The molecule has 0 spiro atoms. The Balaban J connectivity index is 0.635. The molecule has 0 N–H and O–H groups in total. The largest absolute Gasteiger partial charge is 0.309 e. The summed E-state index contributed by atoms with van der Waals surface area (Å²) in [6, 6.07) is 131. The second-order valence-electron chi connectivity index (χ2n) is 26.4. The molecule has 0 aliphatic heterocycles. The van der Waals surface area contributed by atoms with Gasteiger partial charge in [0.2, 0.25) is 0 Å². The average Bonchev–Trinajstić information content (AvgIpc) is 1.60. The van der Waals surface area contributed by atoms with E-state index in [1.165, 1.54) is 87.4 Å². The van der Waals surface area contributed by atoms with Crippen molar-refractivity contribution in [3.63, 3.8) is 0 Å². The SMILES string of the molecule is N#Cc1ccc(-c2ccc(-c3nc(-c4ccc(-c5cccc(-n6c7ccccc7c7cc(-c8ccc9c(c8)c8ccccc8n9-c8ccccc8)ccc76)c5)cc4)cc(-c4ccc(-n5c6ccccc6c6cc(-c7ccc8c(c7)c7ccccc7n8-c7ccccc7)ccc65)cc4)n3)cc2)cc1. The smallest absolute Gasteiger partial charge is 0.160 e. The second-order valence-corrected chi connectivity index (χ2v) is 26.4. The summed E-state index contributed by atoms with van der Waals surface area (Å²) in [5, 5.41) is 19.2. The molecule has 0 unspecified atom stereocenters. The molecule has 5 heterocycles. The van der Waals surface area contributed by atoms with Crippen molar-refractivity contribution >= 4 is 87.2 Å². The molecule has 7 heteroatoms. The van der Waals surface area contributed by atoms with Gasteiger partial charge in [0, 0.05) is 82.5 Å². The van der Waals surface area contributed by atoms with E-state index in [1.54, 1.807) is 0 Å². The Morgan fingerprint density at radius 1 is 0.196 bits per heavy atom. The number of hydrogen-bond acceptors (Lipinski definition) is 3. The molecule has 20 rings (SSSR count). The molecule has 0 saturated carbocycles. The van der Waals surface area contributed by atoms with E-state index in [0.29, 0.717) is 11.4 Å². The predicted octanol–water partition coefficient (Wildman–Crippen LogP) is 24.4. The zero-order valence-corrected chi connectivity index (χ0v) is 55.2. The lowest BCUT2D eigenvalue weighted by Gasteiger charge is -2.13. The minimum atomic E-state index is 0.626. The number of rotatable bonds is 11. The fourth-order valence-corrected chi connectivity index (χ4v) is 15.7. The van der Waals surface area contributed by atoms with E-state index in [1.807, 2.05) is 24.3 Å². The highest BCUT2D eigenvalue weighted by molar-refractivity contribution is 6.15. The molecule has 0 amide bonds. The van der Waals surface area contributed by atoms with E-state index in [2.05, 4.69) is 358 Å². The molecule has 0 atom stereocenters. The van der Waals surface area contributed by atoms with Crippen LogP contribution in [-0.2, 0) is 0 Å². The van der Waals surface area contributed by atoms with Crippen LogP contribution >= 0.6 is 0 Å². The minimum Gasteiger partial charge on any atom is -0.309 e. The van der Waals surface area contributed by atoms with Gasteiger partial charge >= 0.3 is 0 Å². The first-order valence-electron chi connectivity index (χ1n) is 34.6. The Bertz CT molecular complexity index is 6770. The topological polar surface area (TPSA) is 69.3 Å². The number of para-hydroxylation sites is 6. The molecule has 0 aliphatic carbocycles. The Morgan fingerprint density at radius 2 is 0.480 bits per heavy atom. The van der Waals surface area contributed by atoms with Crippen LogP contribution < -0.4 is 0 Å². The van der Waals surface area contributed by atoms with Gasteiger partial charge in [-0.1, -0.05) is 218 Å². The lowest BCUT2D eigenvalue weighted by atomic mass is 10.0. The van der Waals surface area contributed by atoms with Gasteiger partial charge in [0.05, 0.1) is 67.2 Å². The normalized spacial score (nSPS) is 11.7. The van der Waals surface area contributed by atoms with Gasteiger partial charge in [-0.05, 0) is 184 Å². The maximum absolute atomic E-state index is 9.50. The lowest BCUT2D eigenvalue weighted by molar-refractivity contribution is 1.17. The zero-order valence-electron chi connectivity index (χ0n) is 55.2. The van der Waals surface area contributed by atoms with Gasteiger partial charge in [0.1, 0.15) is 0 Å². The molecule has 102 heavy (non-hydrogen) atoms. The molecular weight excluding hydrogens is 1240 g/mol. The first-order valence-corrected chi connectivity index (χ1v) is 34.6. The van der Waals surface area contributed by atoms with Crippen LogP contribution in [0.4, 0.5) is 0 Å². The first kappa shape index (κ1) is 58.2. The Hall–Kier alpha value is -13.9. The van der Waals surface area contributed by atoms with Crippen molar-refractivity contribution in [2.75, 3.05) is 0 Å². The molecule has 5 aromatic heterocycles. The molecule has 474 valence electrons. The summed E-state index contributed by atoms with van der Waals surface area (Å²) >= 11 is 0. The predicted molar refractivity (Wildman–Crippen MR) is 422 cm³/mol. The fraction of sp³-hybridized carbons (Fsp3) is 0. The molecule has 0 radical (unpaired) electrons. The van der Waals surface area contributed by atoms with Crippen molar-refractivity contribution in [3.8, 4) is 107 Å². The van der Waals surface area contributed by atoms with Crippen LogP contribution in [0, 0.1) is 11.3 Å². The number of fused-ring (bicyclic) bond motifs is 12. The van der Waals surface area contributed by atoms with Crippen molar-refractivity contribution in [1.82, 2.24) is 28.2 Å². The Labute approximate surface area is 587 Å². The third kappa shape index (κ3) is 9.65. The Kier molecular flexibility index (Phi) is 13.5. The molecule has 0 aliphatic rings. The average molecular weight is 1300 g/mol. The van der Waals surface area contributed by atoms with Crippen LogP contribution in [0.25, 0.3) is 188 Å². The van der Waals surface area contributed by atoms with Gasteiger partial charge < -0.3 is 18.3 Å². The van der Waals surface area contributed by atoms with Crippen molar-refractivity contribution in [1.29, 1.82) is 5.26 Å². The van der Waals surface area contributed by atoms with Gasteiger partial charge in [0.25, 0.3) is 0 Å². The summed E-state index contributed by atoms with van der Waals surface area (Å²) in [4.78, 5) is 10.7. The summed E-state index contributed by atoms with van der Waals surface area (Å²) < 4.78 is 9.53. The van der Waals surface area contributed by atoms with Crippen LogP contribution in [-0.4, -0.2) is 28.2 Å². The van der Waals surface area contributed by atoms with Crippen molar-refractivity contribution in [2.45, 2.75) is 0 Å². The van der Waals surface area contributed by atoms with Crippen molar-refractivity contribution in [3.05, 3.63) is 363 Å². The quantitative estimate of drug-likeness (QED) is 0.130. The molecule has 0 saturated heterocycles. The van der Waals surface area contributed by atoms with Gasteiger partial charge in [-0.2, -0.15) is 5.26 Å². The third-order valence-electron chi connectivity index (χ3n) is 20.6. The maximum Gasteiger partial charge on any atom is 0.160 e. The van der Waals surface area contributed by atoms with Crippen molar-refractivity contribution in [2.24, 2.45) is 0 Å². The minimum absolute atomic E-state index is 0.626. The van der Waals surface area contributed by atoms with Crippen LogP contribution in [0.1, 0.15) is 5.56 Å². The van der Waals surface area contributed by atoms with Crippen LogP contribution in [0.5, 0.6) is 0 Å². The Morgan fingerprint density at radius 3 is 0.882 bits per heavy atom. The molecule has 7 nitrogen and oxygen atoms in total.